The van der Waals surface area contributed by atoms with Gasteiger partial charge in [0.2, 0.25) is 5.91 Å². The highest BCUT2D eigenvalue weighted by molar-refractivity contribution is 5.96. The van der Waals surface area contributed by atoms with E-state index in [2.05, 4.69) is 35.0 Å². The highest BCUT2D eigenvalue weighted by atomic mass is 16.3. The van der Waals surface area contributed by atoms with Crippen molar-refractivity contribution in [1.29, 1.82) is 0 Å². The van der Waals surface area contributed by atoms with E-state index in [1.54, 1.807) is 12.4 Å². The topological polar surface area (TPSA) is 56.7 Å². The first-order valence-corrected chi connectivity index (χ1v) is 9.79. The Kier molecular flexibility index (Phi) is 5.23. The van der Waals surface area contributed by atoms with E-state index < -0.39 is 0 Å². The molecule has 0 spiro atoms. The van der Waals surface area contributed by atoms with Crippen LogP contribution in [0.5, 0.6) is 0 Å². The summed E-state index contributed by atoms with van der Waals surface area (Å²) in [6.45, 7) is 4.57. The van der Waals surface area contributed by atoms with Crippen LogP contribution in [0.3, 0.4) is 0 Å². The molecule has 1 saturated heterocycles. The lowest BCUT2D eigenvalue weighted by molar-refractivity contribution is -0.119. The lowest BCUT2D eigenvalue weighted by Crippen LogP contribution is -2.42. The fraction of sp³-hybridized carbons (Fsp3) is 0.455. The summed E-state index contributed by atoms with van der Waals surface area (Å²) in [6, 6.07) is 10.3. The van der Waals surface area contributed by atoms with Gasteiger partial charge in [-0.15, -0.1) is 0 Å². The van der Waals surface area contributed by atoms with E-state index in [1.165, 1.54) is 16.7 Å². The molecule has 4 rings (SSSR count). The summed E-state index contributed by atoms with van der Waals surface area (Å²) >= 11 is 0. The Labute approximate surface area is 160 Å². The molecule has 1 amide bonds. The van der Waals surface area contributed by atoms with E-state index in [9.17, 15) is 9.90 Å². The summed E-state index contributed by atoms with van der Waals surface area (Å²) in [5.41, 5.74) is 4.75. The van der Waals surface area contributed by atoms with Gasteiger partial charge in [-0.05, 0) is 55.5 Å². The molecule has 5 nitrogen and oxygen atoms in total. The predicted octanol–water partition coefficient (Wildman–Crippen LogP) is 2.20. The number of aliphatic hydroxyl groups is 1. The number of benzene rings is 1. The molecular formula is C22H27N3O2. The maximum atomic E-state index is 13.0. The van der Waals surface area contributed by atoms with E-state index in [-0.39, 0.29) is 17.9 Å². The molecule has 2 aliphatic heterocycles. The first-order chi connectivity index (χ1) is 13.1. The van der Waals surface area contributed by atoms with Crippen LogP contribution in [0.15, 0.2) is 42.7 Å². The van der Waals surface area contributed by atoms with Crippen molar-refractivity contribution in [3.8, 4) is 0 Å². The zero-order chi connectivity index (χ0) is 18.8. The number of fused-ring (bicyclic) bond motifs is 1. The molecule has 27 heavy (non-hydrogen) atoms. The van der Waals surface area contributed by atoms with E-state index in [0.29, 0.717) is 13.1 Å². The van der Waals surface area contributed by atoms with Crippen molar-refractivity contribution in [3.63, 3.8) is 0 Å². The zero-order valence-corrected chi connectivity index (χ0v) is 15.8. The highest BCUT2D eigenvalue weighted by Gasteiger charge is 2.33. The summed E-state index contributed by atoms with van der Waals surface area (Å²) in [5.74, 6) is 0.299. The van der Waals surface area contributed by atoms with Crippen LogP contribution in [0.4, 0.5) is 5.69 Å². The lowest BCUT2D eigenvalue weighted by atomic mass is 9.97. The van der Waals surface area contributed by atoms with Crippen molar-refractivity contribution in [1.82, 2.24) is 9.88 Å². The van der Waals surface area contributed by atoms with Crippen LogP contribution in [0, 0.1) is 12.8 Å². The van der Waals surface area contributed by atoms with Gasteiger partial charge < -0.3 is 10.0 Å². The quantitative estimate of drug-likeness (QED) is 0.903. The normalized spacial score (nSPS) is 22.7. The maximum absolute atomic E-state index is 13.0. The molecule has 1 aromatic carbocycles. The monoisotopic (exact) mass is 365 g/mol. The van der Waals surface area contributed by atoms with Crippen LogP contribution < -0.4 is 4.90 Å². The maximum Gasteiger partial charge on any atom is 0.241 e. The molecule has 0 aliphatic carbocycles. The molecule has 142 valence electrons. The molecule has 0 radical (unpaired) electrons. The Morgan fingerprint density at radius 2 is 2.04 bits per heavy atom. The molecule has 0 saturated carbocycles. The molecule has 0 unspecified atom stereocenters. The van der Waals surface area contributed by atoms with E-state index in [1.807, 2.05) is 17.0 Å². The number of aromatic nitrogens is 1. The van der Waals surface area contributed by atoms with Crippen LogP contribution in [-0.4, -0.2) is 53.2 Å². The average Bonchev–Trinajstić information content (AvgIpc) is 3.00. The number of hydrogen-bond donors (Lipinski definition) is 1. The zero-order valence-electron chi connectivity index (χ0n) is 15.8. The number of aryl methyl sites for hydroxylation is 2. The van der Waals surface area contributed by atoms with Gasteiger partial charge in [0.25, 0.3) is 0 Å². The summed E-state index contributed by atoms with van der Waals surface area (Å²) in [6.07, 6.45) is 6.05. The van der Waals surface area contributed by atoms with Crippen LogP contribution in [0.25, 0.3) is 0 Å². The third-order valence-corrected chi connectivity index (χ3v) is 5.74. The molecule has 3 heterocycles. The second-order valence-electron chi connectivity index (χ2n) is 7.86. The third-order valence-electron chi connectivity index (χ3n) is 5.74. The number of likely N-dealkylation sites (tertiary alicyclic amines) is 1. The fourth-order valence-electron chi connectivity index (χ4n) is 4.35. The molecule has 1 N–H and O–H groups in total. The molecule has 5 heteroatoms. The van der Waals surface area contributed by atoms with Crippen LogP contribution in [0.1, 0.15) is 23.1 Å². The Bertz CT molecular complexity index is 808. The third kappa shape index (κ3) is 4.04. The smallest absolute Gasteiger partial charge is 0.241 e. The average molecular weight is 365 g/mol. The first kappa shape index (κ1) is 18.1. The number of aliphatic hydroxyl groups excluding tert-OH is 1. The molecule has 1 fully saturated rings. The number of carbonyl (C=O) groups excluding carboxylic acids is 1. The lowest BCUT2D eigenvalue weighted by Gasteiger charge is -2.31. The van der Waals surface area contributed by atoms with Gasteiger partial charge in [0.15, 0.2) is 0 Å². The minimum Gasteiger partial charge on any atom is -0.391 e. The van der Waals surface area contributed by atoms with Gasteiger partial charge in [-0.25, -0.2) is 0 Å². The van der Waals surface area contributed by atoms with Crippen molar-refractivity contribution in [3.05, 3.63) is 59.4 Å². The molecular weight excluding hydrogens is 338 g/mol. The van der Waals surface area contributed by atoms with Crippen LogP contribution >= 0.6 is 0 Å². The Morgan fingerprint density at radius 1 is 1.22 bits per heavy atom. The van der Waals surface area contributed by atoms with Gasteiger partial charge >= 0.3 is 0 Å². The van der Waals surface area contributed by atoms with Gasteiger partial charge in [0.05, 0.1) is 12.6 Å². The Balaban J connectivity index is 1.39. The van der Waals surface area contributed by atoms with Gasteiger partial charge in [-0.2, -0.15) is 0 Å². The number of rotatable bonds is 4. The fourth-order valence-corrected chi connectivity index (χ4v) is 4.35. The second kappa shape index (κ2) is 7.79. The van der Waals surface area contributed by atoms with E-state index in [4.69, 9.17) is 0 Å². The van der Waals surface area contributed by atoms with Crippen molar-refractivity contribution >= 4 is 11.6 Å². The molecule has 2 aliphatic rings. The van der Waals surface area contributed by atoms with Crippen molar-refractivity contribution in [2.24, 2.45) is 5.92 Å². The molecule has 2 atom stereocenters. The number of β-amino-alcohol motifs (C(OH)–C–C–N with tert-alkyl or cyclic N) is 1. The number of anilines is 1. The summed E-state index contributed by atoms with van der Waals surface area (Å²) in [5, 5.41) is 10.5. The van der Waals surface area contributed by atoms with Crippen LogP contribution in [-0.2, 0) is 17.6 Å². The van der Waals surface area contributed by atoms with Gasteiger partial charge in [0.1, 0.15) is 0 Å². The van der Waals surface area contributed by atoms with Crippen LogP contribution in [0.2, 0.25) is 0 Å². The molecule has 0 bridgehead atoms. The van der Waals surface area contributed by atoms with E-state index >= 15 is 0 Å². The largest absolute Gasteiger partial charge is 0.391 e. The van der Waals surface area contributed by atoms with Gasteiger partial charge in [-0.3, -0.25) is 14.7 Å². The van der Waals surface area contributed by atoms with Crippen molar-refractivity contribution in [2.75, 3.05) is 31.1 Å². The summed E-state index contributed by atoms with van der Waals surface area (Å²) in [4.78, 5) is 21.0. The van der Waals surface area contributed by atoms with Crippen molar-refractivity contribution < 1.29 is 9.90 Å². The van der Waals surface area contributed by atoms with Gasteiger partial charge in [0, 0.05) is 43.6 Å². The standard InChI is InChI=1S/C22H27N3O2/c1-16-4-5-20-18(11-16)3-2-10-25(20)22(27)15-24-13-19(21(26)14-24)12-17-6-8-23-9-7-17/h4-9,11,19,21,26H,2-3,10,12-15H2,1H3/t19-,21+/m1/s1. The van der Waals surface area contributed by atoms with Gasteiger partial charge in [-0.1, -0.05) is 17.7 Å². The number of hydrogen-bond acceptors (Lipinski definition) is 4. The second-order valence-corrected chi connectivity index (χ2v) is 7.86. The number of pyridine rings is 1. The summed E-state index contributed by atoms with van der Waals surface area (Å²) in [7, 11) is 0. The number of nitrogens with zero attached hydrogens (tertiary/aromatic N) is 3. The van der Waals surface area contributed by atoms with Crippen molar-refractivity contribution in [2.45, 2.75) is 32.3 Å². The first-order valence-electron chi connectivity index (χ1n) is 9.79. The number of carbonyl (C=O) groups is 1. The van der Waals surface area contributed by atoms with E-state index in [0.717, 1.165) is 38.0 Å². The predicted molar refractivity (Wildman–Crippen MR) is 106 cm³/mol. The molecule has 2 aromatic rings. The Morgan fingerprint density at radius 3 is 2.85 bits per heavy atom. The molecule has 1 aromatic heterocycles. The number of amides is 1. The summed E-state index contributed by atoms with van der Waals surface area (Å²) < 4.78 is 0. The SMILES string of the molecule is Cc1ccc2c(c1)CCCN2C(=O)CN1C[C@@H](Cc2ccncc2)[C@@H](O)C1. The minimum atomic E-state index is -0.387. The Hall–Kier alpha value is -2.24. The highest BCUT2D eigenvalue weighted by Crippen LogP contribution is 2.29. The minimum absolute atomic E-state index is 0.136.